The average molecular weight is 421 g/mol. The highest BCUT2D eigenvalue weighted by Gasteiger charge is 2.10. The molecule has 2 rings (SSSR count). The molecule has 0 saturated heterocycles. The van der Waals surface area contributed by atoms with Crippen LogP contribution in [0.15, 0.2) is 31.4 Å². The van der Waals surface area contributed by atoms with E-state index in [0.717, 1.165) is 10.2 Å². The molecule has 0 fully saturated rings. The van der Waals surface area contributed by atoms with E-state index in [4.69, 9.17) is 0 Å². The summed E-state index contributed by atoms with van der Waals surface area (Å²) < 4.78 is 3.09. The van der Waals surface area contributed by atoms with Crippen LogP contribution in [0.5, 0.6) is 0 Å². The zero-order valence-corrected chi connectivity index (χ0v) is 15.2. The third kappa shape index (κ3) is 3.93. The van der Waals surface area contributed by atoms with Crippen molar-refractivity contribution < 1.29 is 0 Å². The van der Waals surface area contributed by atoms with E-state index in [0.29, 0.717) is 23.5 Å². The molecule has 2 aromatic rings. The number of aromatic nitrogens is 2. The van der Waals surface area contributed by atoms with Gasteiger partial charge in [0.05, 0.1) is 11.9 Å². The average Bonchev–Trinajstić information content (AvgIpc) is 2.79. The van der Waals surface area contributed by atoms with Crippen LogP contribution < -0.4 is 10.9 Å². The first-order valence-corrected chi connectivity index (χ1v) is 8.66. The Bertz CT molecular complexity index is 651. The molecule has 0 spiro atoms. The zero-order chi connectivity index (χ0) is 14.7. The van der Waals surface area contributed by atoms with Gasteiger partial charge in [0.25, 0.3) is 5.56 Å². The highest BCUT2D eigenvalue weighted by atomic mass is 79.9. The van der Waals surface area contributed by atoms with Gasteiger partial charge in [0, 0.05) is 27.8 Å². The molecule has 0 atom stereocenters. The summed E-state index contributed by atoms with van der Waals surface area (Å²) in [5.74, 6) is 0.384. The fourth-order valence-corrected chi connectivity index (χ4v) is 3.53. The van der Waals surface area contributed by atoms with Gasteiger partial charge in [-0.3, -0.25) is 4.79 Å². The van der Waals surface area contributed by atoms with Gasteiger partial charge < -0.3 is 5.32 Å². The molecule has 0 amide bonds. The van der Waals surface area contributed by atoms with Crippen molar-refractivity contribution >= 4 is 48.9 Å². The Balaban J connectivity index is 2.13. The maximum absolute atomic E-state index is 12.1. The molecule has 0 bridgehead atoms. The van der Waals surface area contributed by atoms with Gasteiger partial charge in [0.2, 0.25) is 0 Å². The Morgan fingerprint density at radius 3 is 2.80 bits per heavy atom. The number of rotatable bonds is 5. The molecular weight excluding hydrogens is 406 g/mol. The van der Waals surface area contributed by atoms with Crippen molar-refractivity contribution in [1.82, 2.24) is 9.78 Å². The van der Waals surface area contributed by atoms with Gasteiger partial charge in [-0.05, 0) is 43.8 Å². The summed E-state index contributed by atoms with van der Waals surface area (Å²) in [5, 5.41) is 9.47. The van der Waals surface area contributed by atoms with Crippen molar-refractivity contribution in [3.8, 4) is 0 Å². The van der Waals surface area contributed by atoms with Crippen LogP contribution in [0.4, 0.5) is 5.69 Å². The van der Waals surface area contributed by atoms with Crippen molar-refractivity contribution in [2.75, 3.05) is 5.32 Å². The molecular formula is C13H15Br2N3OS. The Kier molecular flexibility index (Phi) is 5.40. The lowest BCUT2D eigenvalue weighted by atomic mass is 10.2. The predicted molar refractivity (Wildman–Crippen MR) is 90.4 cm³/mol. The van der Waals surface area contributed by atoms with Crippen LogP contribution in [0.2, 0.25) is 0 Å². The van der Waals surface area contributed by atoms with Gasteiger partial charge >= 0.3 is 0 Å². The molecule has 2 heterocycles. The van der Waals surface area contributed by atoms with E-state index in [2.05, 4.69) is 62.2 Å². The fraction of sp³-hybridized carbons (Fsp3) is 0.385. The summed E-state index contributed by atoms with van der Waals surface area (Å²) in [6, 6.07) is 2.05. The first-order chi connectivity index (χ1) is 9.47. The van der Waals surface area contributed by atoms with E-state index in [-0.39, 0.29) is 5.56 Å². The highest BCUT2D eigenvalue weighted by Crippen LogP contribution is 2.22. The molecule has 0 aromatic carbocycles. The lowest BCUT2D eigenvalue weighted by Crippen LogP contribution is -2.26. The highest BCUT2D eigenvalue weighted by molar-refractivity contribution is 9.10. The number of hydrogen-bond donors (Lipinski definition) is 1. The molecule has 2 aromatic heterocycles. The van der Waals surface area contributed by atoms with Crippen LogP contribution in [0.3, 0.4) is 0 Å². The van der Waals surface area contributed by atoms with Crippen LogP contribution in [0, 0.1) is 5.92 Å². The topological polar surface area (TPSA) is 46.9 Å². The zero-order valence-electron chi connectivity index (χ0n) is 11.2. The third-order valence-corrected chi connectivity index (χ3v) is 5.06. The van der Waals surface area contributed by atoms with Crippen LogP contribution >= 0.6 is 43.2 Å². The van der Waals surface area contributed by atoms with Gasteiger partial charge in [-0.2, -0.15) is 5.10 Å². The molecule has 4 nitrogen and oxygen atoms in total. The summed E-state index contributed by atoms with van der Waals surface area (Å²) in [6.45, 7) is 5.41. The second kappa shape index (κ2) is 6.87. The van der Waals surface area contributed by atoms with Crippen molar-refractivity contribution in [3.63, 3.8) is 0 Å². The predicted octanol–water partition coefficient (Wildman–Crippen LogP) is 4.10. The van der Waals surface area contributed by atoms with Gasteiger partial charge in [0.1, 0.15) is 4.47 Å². The molecule has 0 radical (unpaired) electrons. The second-order valence-electron chi connectivity index (χ2n) is 4.84. The molecule has 1 N–H and O–H groups in total. The van der Waals surface area contributed by atoms with Crippen molar-refractivity contribution in [3.05, 3.63) is 41.8 Å². The maximum Gasteiger partial charge on any atom is 0.283 e. The number of anilines is 1. The Morgan fingerprint density at radius 1 is 1.45 bits per heavy atom. The van der Waals surface area contributed by atoms with Gasteiger partial charge in [0.15, 0.2) is 0 Å². The number of nitrogens with one attached hydrogen (secondary N) is 1. The van der Waals surface area contributed by atoms with Crippen molar-refractivity contribution in [1.29, 1.82) is 0 Å². The minimum atomic E-state index is -0.101. The molecule has 20 heavy (non-hydrogen) atoms. The maximum atomic E-state index is 12.1. The molecule has 0 saturated carbocycles. The van der Waals surface area contributed by atoms with Crippen LogP contribution in [0.1, 0.15) is 18.7 Å². The van der Waals surface area contributed by atoms with Crippen molar-refractivity contribution in [2.24, 2.45) is 5.92 Å². The quantitative estimate of drug-likeness (QED) is 0.791. The lowest BCUT2D eigenvalue weighted by Gasteiger charge is -2.11. The van der Waals surface area contributed by atoms with Crippen LogP contribution in [-0.4, -0.2) is 9.78 Å². The van der Waals surface area contributed by atoms with E-state index in [9.17, 15) is 4.79 Å². The number of halogens is 2. The van der Waals surface area contributed by atoms with Gasteiger partial charge in [-0.25, -0.2) is 4.68 Å². The Labute approximate surface area is 138 Å². The van der Waals surface area contributed by atoms with Crippen LogP contribution in [-0.2, 0) is 13.1 Å². The molecule has 0 aliphatic carbocycles. The Hall–Kier alpha value is -0.660. The summed E-state index contributed by atoms with van der Waals surface area (Å²) in [6.07, 6.45) is 1.69. The first-order valence-electron chi connectivity index (χ1n) is 6.19. The molecule has 0 unspecified atom stereocenters. The van der Waals surface area contributed by atoms with E-state index in [1.54, 1.807) is 17.5 Å². The standard InChI is InChI=1S/C13H15Br2N3OS/c1-8(2)6-18-13(19)12(15)11(5-17-18)16-4-10-3-9(14)7-20-10/h3,5,7-8,16H,4,6H2,1-2H3. The van der Waals surface area contributed by atoms with E-state index < -0.39 is 0 Å². The van der Waals surface area contributed by atoms with E-state index >= 15 is 0 Å². The van der Waals surface area contributed by atoms with E-state index in [1.165, 1.54) is 9.56 Å². The monoisotopic (exact) mass is 419 g/mol. The normalized spacial score (nSPS) is 11.1. The SMILES string of the molecule is CC(C)Cn1ncc(NCc2cc(Br)cs2)c(Br)c1=O. The lowest BCUT2D eigenvalue weighted by molar-refractivity contribution is 0.462. The van der Waals surface area contributed by atoms with Crippen LogP contribution in [0.25, 0.3) is 0 Å². The summed E-state index contributed by atoms with van der Waals surface area (Å²) >= 11 is 8.44. The minimum Gasteiger partial charge on any atom is -0.378 e. The first kappa shape index (κ1) is 15.7. The molecule has 7 heteroatoms. The molecule has 0 aliphatic rings. The largest absolute Gasteiger partial charge is 0.378 e. The smallest absolute Gasteiger partial charge is 0.283 e. The molecule has 108 valence electrons. The molecule has 0 aliphatic heterocycles. The van der Waals surface area contributed by atoms with E-state index in [1.807, 2.05) is 5.38 Å². The fourth-order valence-electron chi connectivity index (χ4n) is 1.69. The van der Waals surface area contributed by atoms with Crippen molar-refractivity contribution in [2.45, 2.75) is 26.9 Å². The summed E-state index contributed by atoms with van der Waals surface area (Å²) in [5.41, 5.74) is 0.621. The Morgan fingerprint density at radius 2 is 2.20 bits per heavy atom. The second-order valence-corrected chi connectivity index (χ2v) is 7.54. The number of thiophene rings is 1. The number of nitrogens with zero attached hydrogens (tertiary/aromatic N) is 2. The summed E-state index contributed by atoms with van der Waals surface area (Å²) in [4.78, 5) is 13.3. The minimum absolute atomic E-state index is 0.101. The van der Waals surface area contributed by atoms with Gasteiger partial charge in [-0.15, -0.1) is 11.3 Å². The summed E-state index contributed by atoms with van der Waals surface area (Å²) in [7, 11) is 0. The number of hydrogen-bond acceptors (Lipinski definition) is 4. The third-order valence-electron chi connectivity index (χ3n) is 2.60. The van der Waals surface area contributed by atoms with Gasteiger partial charge in [-0.1, -0.05) is 13.8 Å².